The summed E-state index contributed by atoms with van der Waals surface area (Å²) in [5.74, 6) is -2.27. The van der Waals surface area contributed by atoms with E-state index in [-0.39, 0.29) is 46.4 Å². The van der Waals surface area contributed by atoms with Gasteiger partial charge in [-0.2, -0.15) is 26.3 Å². The molecule has 0 spiro atoms. The van der Waals surface area contributed by atoms with E-state index >= 15 is 0 Å². The van der Waals surface area contributed by atoms with E-state index in [1.165, 1.54) is 24.3 Å². The SMILES string of the molecule is O=C(NCc1ccc(C(F)(F)F)cc1)c1cccc2oc(=O)[nH]c12.O=C(NCc1ccc(C(F)(F)F)cc1N1CCCCC1)c1cccc2oc(=O)[nH]c12. The number of anilines is 1. The topological polar surface area (TPSA) is 153 Å². The highest BCUT2D eigenvalue weighted by Gasteiger charge is 2.32. The molecule has 282 valence electrons. The van der Waals surface area contributed by atoms with E-state index < -0.39 is 46.8 Å². The van der Waals surface area contributed by atoms with E-state index in [9.17, 15) is 45.5 Å². The number of carbonyl (C=O) groups is 2. The molecule has 11 nitrogen and oxygen atoms in total. The van der Waals surface area contributed by atoms with E-state index in [1.54, 1.807) is 30.3 Å². The minimum Gasteiger partial charge on any atom is -0.408 e. The molecule has 0 saturated carbocycles. The zero-order valence-electron chi connectivity index (χ0n) is 28.1. The van der Waals surface area contributed by atoms with Crippen LogP contribution in [0.4, 0.5) is 32.0 Å². The predicted octanol–water partition coefficient (Wildman–Crippen LogP) is 7.13. The molecule has 1 saturated heterocycles. The molecule has 6 aromatic rings. The third kappa shape index (κ3) is 8.67. The number of piperidine rings is 1. The number of rotatable bonds is 7. The number of hydrogen-bond acceptors (Lipinski definition) is 7. The van der Waals surface area contributed by atoms with Gasteiger partial charge in [0.25, 0.3) is 11.8 Å². The van der Waals surface area contributed by atoms with E-state index in [0.717, 1.165) is 43.5 Å². The minimum absolute atomic E-state index is 0.0510. The van der Waals surface area contributed by atoms with Crippen molar-refractivity contribution in [1.29, 1.82) is 0 Å². The van der Waals surface area contributed by atoms with Crippen molar-refractivity contribution in [2.75, 3.05) is 18.0 Å². The van der Waals surface area contributed by atoms with Crippen molar-refractivity contribution in [2.24, 2.45) is 0 Å². The molecule has 1 aliphatic heterocycles. The highest BCUT2D eigenvalue weighted by molar-refractivity contribution is 6.05. The fourth-order valence-electron chi connectivity index (χ4n) is 6.00. The average molecular weight is 756 g/mol. The zero-order valence-corrected chi connectivity index (χ0v) is 28.1. The first-order valence-electron chi connectivity index (χ1n) is 16.6. The van der Waals surface area contributed by atoms with Gasteiger partial charge in [0.1, 0.15) is 0 Å². The van der Waals surface area contributed by atoms with Crippen LogP contribution in [0, 0.1) is 0 Å². The largest absolute Gasteiger partial charge is 0.417 e. The van der Waals surface area contributed by atoms with Crippen LogP contribution in [0.3, 0.4) is 0 Å². The molecule has 1 aliphatic rings. The van der Waals surface area contributed by atoms with Gasteiger partial charge in [0.2, 0.25) is 0 Å². The number of hydrogen-bond donors (Lipinski definition) is 4. The Morgan fingerprint density at radius 1 is 0.648 bits per heavy atom. The lowest BCUT2D eigenvalue weighted by atomic mass is 10.0. The van der Waals surface area contributed by atoms with Crippen molar-refractivity contribution in [3.8, 4) is 0 Å². The normalized spacial score (nSPS) is 13.4. The summed E-state index contributed by atoms with van der Waals surface area (Å²) in [5, 5.41) is 5.33. The molecule has 3 heterocycles. The molecule has 0 radical (unpaired) electrons. The van der Waals surface area contributed by atoms with E-state index in [4.69, 9.17) is 8.83 Å². The summed E-state index contributed by atoms with van der Waals surface area (Å²) in [6.07, 6.45) is -5.95. The third-order valence-corrected chi connectivity index (χ3v) is 8.68. The monoisotopic (exact) mass is 755 g/mol. The quantitative estimate of drug-likeness (QED) is 0.127. The summed E-state index contributed by atoms with van der Waals surface area (Å²) >= 11 is 0. The van der Waals surface area contributed by atoms with Crippen LogP contribution in [0.5, 0.6) is 0 Å². The summed E-state index contributed by atoms with van der Waals surface area (Å²) in [5.41, 5.74) is 1.65. The first-order chi connectivity index (χ1) is 25.7. The fraction of sp³-hybridized carbons (Fsp3) is 0.243. The smallest absolute Gasteiger partial charge is 0.408 e. The van der Waals surface area contributed by atoms with Crippen LogP contribution < -0.4 is 27.0 Å². The molecule has 4 N–H and O–H groups in total. The summed E-state index contributed by atoms with van der Waals surface area (Å²) in [6, 6.07) is 17.4. The Morgan fingerprint density at radius 2 is 1.15 bits per heavy atom. The number of aromatic amines is 2. The Balaban J connectivity index is 0.000000189. The van der Waals surface area contributed by atoms with Crippen LogP contribution in [0.15, 0.2) is 97.3 Å². The fourth-order valence-corrected chi connectivity index (χ4v) is 6.00. The number of nitrogens with one attached hydrogen (secondary N) is 4. The Bertz CT molecular complexity index is 2400. The maximum atomic E-state index is 13.2. The summed E-state index contributed by atoms with van der Waals surface area (Å²) in [4.78, 5) is 54.4. The van der Waals surface area contributed by atoms with Crippen LogP contribution in [-0.2, 0) is 25.4 Å². The summed E-state index contributed by atoms with van der Waals surface area (Å²) in [7, 11) is 0. The van der Waals surface area contributed by atoms with Crippen molar-refractivity contribution in [3.05, 3.63) is 133 Å². The highest BCUT2D eigenvalue weighted by atomic mass is 19.4. The van der Waals surface area contributed by atoms with Crippen molar-refractivity contribution in [2.45, 2.75) is 44.7 Å². The first-order valence-corrected chi connectivity index (χ1v) is 16.6. The molecule has 54 heavy (non-hydrogen) atoms. The Hall–Kier alpha value is -6.26. The zero-order chi connectivity index (χ0) is 38.6. The number of amides is 2. The number of para-hydroxylation sites is 2. The second kappa shape index (κ2) is 15.4. The maximum absolute atomic E-state index is 13.2. The molecule has 17 heteroatoms. The van der Waals surface area contributed by atoms with Gasteiger partial charge < -0.3 is 24.4 Å². The molecule has 1 fully saturated rings. The molecule has 2 aromatic heterocycles. The number of halogens is 6. The second-order valence-corrected chi connectivity index (χ2v) is 12.3. The van der Waals surface area contributed by atoms with Gasteiger partial charge in [0, 0.05) is 31.9 Å². The van der Waals surface area contributed by atoms with Gasteiger partial charge in [-0.05, 0) is 78.9 Å². The van der Waals surface area contributed by atoms with Gasteiger partial charge in [-0.3, -0.25) is 19.6 Å². The van der Waals surface area contributed by atoms with Crippen molar-refractivity contribution >= 4 is 39.7 Å². The maximum Gasteiger partial charge on any atom is 0.417 e. The molecule has 0 aliphatic carbocycles. The van der Waals surface area contributed by atoms with Crippen molar-refractivity contribution in [3.63, 3.8) is 0 Å². The first kappa shape index (κ1) is 37.5. The third-order valence-electron chi connectivity index (χ3n) is 8.68. The number of carbonyl (C=O) groups excluding carboxylic acids is 2. The number of benzene rings is 4. The Labute approximate surface area is 301 Å². The lowest BCUT2D eigenvalue weighted by Gasteiger charge is -2.31. The van der Waals surface area contributed by atoms with E-state index in [1.807, 2.05) is 4.90 Å². The molecule has 0 bridgehead atoms. The molecule has 7 rings (SSSR count). The lowest BCUT2D eigenvalue weighted by Crippen LogP contribution is -2.32. The van der Waals surface area contributed by atoms with Crippen LogP contribution in [0.1, 0.15) is 62.2 Å². The number of oxazole rings is 2. The highest BCUT2D eigenvalue weighted by Crippen LogP contribution is 2.35. The van der Waals surface area contributed by atoms with Crippen LogP contribution >= 0.6 is 0 Å². The average Bonchev–Trinajstić information content (AvgIpc) is 3.73. The van der Waals surface area contributed by atoms with Crippen molar-refractivity contribution < 1.29 is 44.8 Å². The number of nitrogens with zero attached hydrogens (tertiary/aromatic N) is 1. The van der Waals surface area contributed by atoms with Gasteiger partial charge in [-0.25, -0.2) is 9.59 Å². The number of H-pyrrole nitrogens is 2. The van der Waals surface area contributed by atoms with Gasteiger partial charge in [0.05, 0.1) is 33.3 Å². The predicted molar refractivity (Wildman–Crippen MR) is 185 cm³/mol. The van der Waals surface area contributed by atoms with Gasteiger partial charge in [-0.1, -0.05) is 30.3 Å². The van der Waals surface area contributed by atoms with Crippen LogP contribution in [0.2, 0.25) is 0 Å². The lowest BCUT2D eigenvalue weighted by molar-refractivity contribution is -0.138. The number of alkyl halides is 6. The molecular formula is C37H31F6N5O6. The standard InChI is InChI=1S/C21H20F3N3O3.C16H11F3N2O3/c22-21(23,24)14-8-7-13(16(11-14)27-9-2-1-3-10-27)12-25-19(28)15-5-4-6-17-18(15)26-20(29)30-17;17-16(18,19)10-6-4-9(5-7-10)8-20-14(22)11-2-1-3-12-13(11)21-15(23)24-12/h4-8,11H,1-3,9-10,12H2,(H,25,28)(H,26,29);1-7H,8H2,(H,20,22)(H,21,23). The number of fused-ring (bicyclic) bond motifs is 2. The molecule has 2 amide bonds. The second-order valence-electron chi connectivity index (χ2n) is 12.3. The molecule has 0 atom stereocenters. The van der Waals surface area contributed by atoms with E-state index in [2.05, 4.69) is 20.6 Å². The molecular weight excluding hydrogens is 724 g/mol. The molecule has 4 aromatic carbocycles. The van der Waals surface area contributed by atoms with E-state index in [0.29, 0.717) is 29.9 Å². The minimum atomic E-state index is -4.44. The van der Waals surface area contributed by atoms with Crippen LogP contribution in [0.25, 0.3) is 22.2 Å². The number of aromatic nitrogens is 2. The van der Waals surface area contributed by atoms with Gasteiger partial charge in [0.15, 0.2) is 11.2 Å². The van der Waals surface area contributed by atoms with Gasteiger partial charge in [-0.15, -0.1) is 0 Å². The van der Waals surface area contributed by atoms with Gasteiger partial charge >= 0.3 is 23.9 Å². The Kier molecular flexibility index (Phi) is 10.7. The molecule has 0 unspecified atom stereocenters. The summed E-state index contributed by atoms with van der Waals surface area (Å²) < 4.78 is 87.0. The summed E-state index contributed by atoms with van der Waals surface area (Å²) in [6.45, 7) is 1.46. The van der Waals surface area contributed by atoms with Crippen LogP contribution in [-0.4, -0.2) is 34.9 Å². The van der Waals surface area contributed by atoms with Crippen molar-refractivity contribution in [1.82, 2.24) is 20.6 Å². The Morgan fingerprint density at radius 3 is 1.67 bits per heavy atom.